The first-order valence-electron chi connectivity index (χ1n) is 10.7. The Hall–Kier alpha value is -4.45. The van der Waals surface area contributed by atoms with Crippen molar-refractivity contribution in [3.63, 3.8) is 0 Å². The van der Waals surface area contributed by atoms with E-state index in [1.165, 1.54) is 19.1 Å². The second-order valence-electron chi connectivity index (χ2n) is 8.29. The van der Waals surface area contributed by atoms with E-state index in [1.807, 2.05) is 12.1 Å². The summed E-state index contributed by atoms with van der Waals surface area (Å²) in [6.07, 6.45) is 2.69. The number of hydrogen-bond acceptors (Lipinski definition) is 3. The lowest BCUT2D eigenvalue weighted by atomic mass is 9.60. The number of rotatable bonds is 6. The van der Waals surface area contributed by atoms with Gasteiger partial charge in [-0.05, 0) is 30.2 Å². The topological polar surface area (TPSA) is 104 Å². The molecule has 1 atom stereocenters. The highest BCUT2D eigenvalue weighted by molar-refractivity contribution is 6.11. The molecule has 3 aromatic carbocycles. The number of carbonyl (C=O) groups excluding carboxylic acids is 1. The lowest BCUT2D eigenvalue weighted by molar-refractivity contribution is -0.144. The molecule has 0 spiro atoms. The Morgan fingerprint density at radius 1 is 0.676 bits per heavy atom. The van der Waals surface area contributed by atoms with Crippen molar-refractivity contribution in [2.45, 2.75) is 12.3 Å². The van der Waals surface area contributed by atoms with Gasteiger partial charge in [0.25, 0.3) is 5.91 Å². The van der Waals surface area contributed by atoms with E-state index < -0.39 is 28.7 Å². The highest BCUT2D eigenvalue weighted by Gasteiger charge is 2.51. The first kappa shape index (κ1) is 22.7. The molecular formula is C28H23NO5. The van der Waals surface area contributed by atoms with E-state index in [1.54, 1.807) is 78.9 Å². The number of carbonyl (C=O) groups is 3. The predicted molar refractivity (Wildman–Crippen MR) is 128 cm³/mol. The fourth-order valence-corrected chi connectivity index (χ4v) is 4.40. The number of allylic oxidation sites excluding steroid dienone is 1. The monoisotopic (exact) mass is 453 g/mol. The maximum atomic E-state index is 13.5. The Labute approximate surface area is 196 Å². The van der Waals surface area contributed by atoms with Crippen LogP contribution < -0.4 is 5.32 Å². The van der Waals surface area contributed by atoms with Crippen molar-refractivity contribution >= 4 is 23.5 Å². The molecule has 1 aliphatic rings. The third kappa shape index (κ3) is 3.79. The van der Waals surface area contributed by atoms with Crippen molar-refractivity contribution in [2.24, 2.45) is 5.41 Å². The minimum Gasteiger partial charge on any atom is -0.480 e. The normalized spacial score (nSPS) is 18.9. The molecule has 4 rings (SSSR count). The van der Waals surface area contributed by atoms with Gasteiger partial charge < -0.3 is 15.5 Å². The Balaban J connectivity index is 2.03. The predicted octanol–water partition coefficient (Wildman–Crippen LogP) is 4.65. The molecule has 0 radical (unpaired) electrons. The molecule has 1 amide bonds. The molecule has 6 heteroatoms. The summed E-state index contributed by atoms with van der Waals surface area (Å²) in [6.45, 7) is 1.34. The van der Waals surface area contributed by atoms with Crippen LogP contribution in [0.5, 0.6) is 0 Å². The maximum Gasteiger partial charge on any atom is 0.332 e. The van der Waals surface area contributed by atoms with Gasteiger partial charge in [-0.15, -0.1) is 0 Å². The average Bonchev–Trinajstić information content (AvgIpc) is 2.85. The Bertz CT molecular complexity index is 1260. The number of nitrogens with one attached hydrogen (secondary N) is 1. The number of carboxylic acid groups (broad SMARTS) is 2. The SMILES string of the molecule is CC1(C(=O)O)C=C(C(=O)O)C(c2ccccc2)(c2ccccc2)C=C1C(=O)Nc1ccccc1. The molecule has 0 saturated carbocycles. The minimum absolute atomic E-state index is 0.0541. The van der Waals surface area contributed by atoms with Crippen molar-refractivity contribution in [2.75, 3.05) is 5.32 Å². The molecule has 1 aliphatic carbocycles. The van der Waals surface area contributed by atoms with Gasteiger partial charge in [0.15, 0.2) is 0 Å². The largest absolute Gasteiger partial charge is 0.480 e. The Morgan fingerprint density at radius 2 is 1.15 bits per heavy atom. The molecule has 0 aromatic heterocycles. The Kier molecular flexibility index (Phi) is 5.90. The van der Waals surface area contributed by atoms with Gasteiger partial charge in [-0.25, -0.2) is 4.79 Å². The van der Waals surface area contributed by atoms with E-state index in [0.29, 0.717) is 16.8 Å². The standard InChI is InChI=1S/C28H23NO5/c1-27(26(33)34)17-23(25(31)32)28(19-11-5-2-6-12-19,20-13-7-3-8-14-20)18-22(27)24(30)29-21-15-9-4-10-16-21/h2-18H,1H3,(H,29,30)(H,31,32)(H,33,34). The van der Waals surface area contributed by atoms with E-state index in [9.17, 15) is 24.6 Å². The molecule has 34 heavy (non-hydrogen) atoms. The Morgan fingerprint density at radius 3 is 1.59 bits per heavy atom. The van der Waals surface area contributed by atoms with E-state index in [0.717, 1.165) is 0 Å². The van der Waals surface area contributed by atoms with Gasteiger partial charge in [-0.3, -0.25) is 9.59 Å². The number of para-hydroxylation sites is 1. The van der Waals surface area contributed by atoms with Crippen LogP contribution in [0, 0.1) is 5.41 Å². The zero-order chi connectivity index (χ0) is 24.3. The number of anilines is 1. The molecule has 0 aliphatic heterocycles. The molecule has 0 fully saturated rings. The number of amides is 1. The fourth-order valence-electron chi connectivity index (χ4n) is 4.40. The van der Waals surface area contributed by atoms with E-state index >= 15 is 0 Å². The van der Waals surface area contributed by atoms with Crippen LogP contribution in [0.1, 0.15) is 18.1 Å². The molecule has 3 aromatic rings. The number of benzene rings is 3. The molecule has 3 N–H and O–H groups in total. The van der Waals surface area contributed by atoms with Crippen LogP contribution >= 0.6 is 0 Å². The quantitative estimate of drug-likeness (QED) is 0.504. The van der Waals surface area contributed by atoms with Crippen LogP contribution in [0.2, 0.25) is 0 Å². The summed E-state index contributed by atoms with van der Waals surface area (Å²) < 4.78 is 0. The highest BCUT2D eigenvalue weighted by Crippen LogP contribution is 2.49. The maximum absolute atomic E-state index is 13.5. The zero-order valence-corrected chi connectivity index (χ0v) is 18.4. The summed E-state index contributed by atoms with van der Waals surface area (Å²) in [5, 5.41) is 23.2. The molecule has 170 valence electrons. The average molecular weight is 453 g/mol. The highest BCUT2D eigenvalue weighted by atomic mass is 16.4. The van der Waals surface area contributed by atoms with Crippen LogP contribution in [-0.2, 0) is 19.8 Å². The van der Waals surface area contributed by atoms with Gasteiger partial charge in [-0.2, -0.15) is 0 Å². The van der Waals surface area contributed by atoms with Crippen molar-refractivity contribution in [1.82, 2.24) is 0 Å². The number of aliphatic carboxylic acids is 2. The van der Waals surface area contributed by atoms with Crippen molar-refractivity contribution in [3.05, 3.63) is 125 Å². The molecule has 0 saturated heterocycles. The summed E-state index contributed by atoms with van der Waals surface area (Å²) in [6, 6.07) is 26.5. The summed E-state index contributed by atoms with van der Waals surface area (Å²) in [5.41, 5.74) is -1.72. The molecule has 0 bridgehead atoms. The van der Waals surface area contributed by atoms with Gasteiger partial charge in [0.05, 0.1) is 11.0 Å². The van der Waals surface area contributed by atoms with Gasteiger partial charge in [-0.1, -0.05) is 91.0 Å². The second kappa shape index (κ2) is 8.83. The molecule has 0 heterocycles. The third-order valence-electron chi connectivity index (χ3n) is 6.19. The van der Waals surface area contributed by atoms with Crippen LogP contribution in [0.25, 0.3) is 0 Å². The van der Waals surface area contributed by atoms with Gasteiger partial charge in [0.2, 0.25) is 0 Å². The van der Waals surface area contributed by atoms with Gasteiger partial charge in [0, 0.05) is 11.3 Å². The van der Waals surface area contributed by atoms with E-state index in [-0.39, 0.29) is 11.1 Å². The lowest BCUT2D eigenvalue weighted by Crippen LogP contribution is -2.44. The van der Waals surface area contributed by atoms with Crippen molar-refractivity contribution in [1.29, 1.82) is 0 Å². The summed E-state index contributed by atoms with van der Waals surface area (Å²) >= 11 is 0. The zero-order valence-electron chi connectivity index (χ0n) is 18.4. The van der Waals surface area contributed by atoms with Crippen LogP contribution in [-0.4, -0.2) is 28.1 Å². The molecule has 6 nitrogen and oxygen atoms in total. The number of carboxylic acids is 2. The fraction of sp³-hybridized carbons (Fsp3) is 0.107. The summed E-state index contributed by atoms with van der Waals surface area (Å²) in [7, 11) is 0. The van der Waals surface area contributed by atoms with E-state index in [4.69, 9.17) is 0 Å². The minimum atomic E-state index is -1.86. The smallest absolute Gasteiger partial charge is 0.332 e. The third-order valence-corrected chi connectivity index (χ3v) is 6.19. The number of hydrogen-bond donors (Lipinski definition) is 3. The second-order valence-corrected chi connectivity index (χ2v) is 8.29. The van der Waals surface area contributed by atoms with Crippen LogP contribution in [0.15, 0.2) is 114 Å². The first-order chi connectivity index (χ1) is 16.3. The van der Waals surface area contributed by atoms with Gasteiger partial charge in [0.1, 0.15) is 5.41 Å². The molecular weight excluding hydrogens is 430 g/mol. The first-order valence-corrected chi connectivity index (χ1v) is 10.7. The lowest BCUT2D eigenvalue weighted by Gasteiger charge is -2.40. The van der Waals surface area contributed by atoms with Crippen LogP contribution in [0.4, 0.5) is 5.69 Å². The van der Waals surface area contributed by atoms with Gasteiger partial charge >= 0.3 is 11.9 Å². The van der Waals surface area contributed by atoms with E-state index in [2.05, 4.69) is 5.32 Å². The summed E-state index contributed by atoms with van der Waals surface area (Å²) in [4.78, 5) is 38.5. The van der Waals surface area contributed by atoms with Crippen molar-refractivity contribution < 1.29 is 24.6 Å². The van der Waals surface area contributed by atoms with Crippen LogP contribution in [0.3, 0.4) is 0 Å². The molecule has 1 unspecified atom stereocenters. The van der Waals surface area contributed by atoms with Crippen molar-refractivity contribution in [3.8, 4) is 0 Å². The summed E-state index contributed by atoms with van der Waals surface area (Å²) in [5.74, 6) is -3.21.